The van der Waals surface area contributed by atoms with Crippen molar-refractivity contribution in [1.82, 2.24) is 10.2 Å². The number of benzene rings is 2. The molecule has 0 saturated heterocycles. The van der Waals surface area contributed by atoms with Gasteiger partial charge in [-0.3, -0.25) is 9.59 Å². The molecule has 0 spiro atoms. The van der Waals surface area contributed by atoms with Gasteiger partial charge in [0.05, 0.1) is 0 Å². The molecule has 8 heteroatoms. The van der Waals surface area contributed by atoms with Gasteiger partial charge in [-0.15, -0.1) is 0 Å². The van der Waals surface area contributed by atoms with Gasteiger partial charge < -0.3 is 20.3 Å². The number of rotatable bonds is 7. The predicted octanol–water partition coefficient (Wildman–Crippen LogP) is 5.74. The number of aryl methyl sites for hydroxylation is 3. The molecule has 37 heavy (non-hydrogen) atoms. The minimum absolute atomic E-state index is 0.0314. The minimum atomic E-state index is -1.00. The third-order valence-corrected chi connectivity index (χ3v) is 5.97. The first-order valence-electron chi connectivity index (χ1n) is 12.4. The molecule has 2 atom stereocenters. The van der Waals surface area contributed by atoms with Crippen molar-refractivity contribution in [2.24, 2.45) is 0 Å². The van der Waals surface area contributed by atoms with E-state index in [1.807, 2.05) is 84.0 Å². The quantitative estimate of drug-likeness (QED) is 0.401. The van der Waals surface area contributed by atoms with Crippen molar-refractivity contribution >= 4 is 36.2 Å². The van der Waals surface area contributed by atoms with Crippen LogP contribution in [0, 0.1) is 20.8 Å². The molecule has 0 aliphatic carbocycles. The molecule has 3 amide bonds. The third kappa shape index (κ3) is 8.52. The van der Waals surface area contributed by atoms with Crippen LogP contribution >= 0.6 is 12.6 Å². The summed E-state index contributed by atoms with van der Waals surface area (Å²) in [5, 5.41) is 5.66. The first-order chi connectivity index (χ1) is 17.0. The summed E-state index contributed by atoms with van der Waals surface area (Å²) >= 11 is 4.35. The van der Waals surface area contributed by atoms with E-state index in [2.05, 4.69) is 23.3 Å². The Morgan fingerprint density at radius 1 is 0.946 bits per heavy atom. The van der Waals surface area contributed by atoms with E-state index in [-0.39, 0.29) is 11.7 Å². The number of nitrogens with one attached hydrogen (secondary N) is 2. The Bertz CT molecular complexity index is 1110. The molecule has 0 aliphatic rings. The Morgan fingerprint density at radius 2 is 1.51 bits per heavy atom. The Balaban J connectivity index is 2.59. The molecular weight excluding hydrogens is 486 g/mol. The molecule has 0 saturated carbocycles. The molecule has 0 aliphatic heterocycles. The fourth-order valence-corrected chi connectivity index (χ4v) is 4.40. The molecule has 0 bridgehead atoms. The Kier molecular flexibility index (Phi) is 9.83. The van der Waals surface area contributed by atoms with Crippen LogP contribution < -0.4 is 10.6 Å². The van der Waals surface area contributed by atoms with Gasteiger partial charge in [0, 0.05) is 17.0 Å². The zero-order valence-corrected chi connectivity index (χ0v) is 24.3. The largest absolute Gasteiger partial charge is 0.444 e. The van der Waals surface area contributed by atoms with Crippen LogP contribution in [0.4, 0.5) is 10.5 Å². The van der Waals surface area contributed by atoms with E-state index in [4.69, 9.17) is 4.74 Å². The molecule has 0 radical (unpaired) electrons. The molecule has 0 fully saturated rings. The second-order valence-electron chi connectivity index (χ2n) is 11.4. The van der Waals surface area contributed by atoms with E-state index < -0.39 is 35.2 Å². The number of alkyl carbamates (subject to hydrolysis) is 1. The maximum atomic E-state index is 14.1. The van der Waals surface area contributed by atoms with E-state index in [9.17, 15) is 14.4 Å². The van der Waals surface area contributed by atoms with Crippen LogP contribution in [0.1, 0.15) is 69.8 Å². The van der Waals surface area contributed by atoms with Gasteiger partial charge in [-0.05, 0) is 79.5 Å². The van der Waals surface area contributed by atoms with Crippen LogP contribution in [0.25, 0.3) is 0 Å². The Hall–Kier alpha value is -3.00. The molecule has 2 unspecified atom stereocenters. The number of carbonyl (C=O) groups is 3. The highest BCUT2D eigenvalue weighted by atomic mass is 32.1. The molecule has 2 aromatic rings. The summed E-state index contributed by atoms with van der Waals surface area (Å²) in [4.78, 5) is 42.1. The molecule has 0 aromatic heterocycles. The summed E-state index contributed by atoms with van der Waals surface area (Å²) in [5.74, 6) is -0.751. The minimum Gasteiger partial charge on any atom is -0.444 e. The Labute approximate surface area is 226 Å². The van der Waals surface area contributed by atoms with Crippen molar-refractivity contribution in [3.63, 3.8) is 0 Å². The lowest BCUT2D eigenvalue weighted by molar-refractivity contribution is -0.146. The van der Waals surface area contributed by atoms with E-state index in [1.54, 1.807) is 20.8 Å². The summed E-state index contributed by atoms with van der Waals surface area (Å²) in [6.07, 6.45) is -0.721. The van der Waals surface area contributed by atoms with Crippen molar-refractivity contribution in [3.8, 4) is 0 Å². The van der Waals surface area contributed by atoms with Crippen LogP contribution in [0.15, 0.2) is 42.5 Å². The van der Waals surface area contributed by atoms with Crippen molar-refractivity contribution in [1.29, 1.82) is 0 Å². The lowest BCUT2D eigenvalue weighted by Crippen LogP contribution is -2.58. The SMILES string of the molecule is Cc1cc(C)cc(C(C(=O)Nc2ccccc2C)N(C(=O)C(CS)NC(=O)OC(C)(C)C)C(C)(C)C)c1. The van der Waals surface area contributed by atoms with Crippen molar-refractivity contribution < 1.29 is 19.1 Å². The van der Waals surface area contributed by atoms with Crippen molar-refractivity contribution in [2.45, 2.75) is 85.5 Å². The van der Waals surface area contributed by atoms with E-state index in [0.29, 0.717) is 11.3 Å². The number of carbonyl (C=O) groups excluding carboxylic acids is 3. The maximum Gasteiger partial charge on any atom is 0.408 e. The molecule has 2 rings (SSSR count). The van der Waals surface area contributed by atoms with E-state index in [1.165, 1.54) is 4.90 Å². The standard InChI is InChI=1S/C29H41N3O4S/c1-18-14-19(2)16-21(15-18)24(25(33)30-22-13-11-10-12-20(22)3)32(28(4,5)6)26(34)23(17-37)31-27(35)36-29(7,8)9/h10-16,23-24,37H,17H2,1-9H3,(H,30,33)(H,31,35). The summed E-state index contributed by atoms with van der Waals surface area (Å²) in [6.45, 7) is 16.7. The van der Waals surface area contributed by atoms with Crippen molar-refractivity contribution in [3.05, 3.63) is 64.7 Å². The highest BCUT2D eigenvalue weighted by molar-refractivity contribution is 7.80. The van der Waals surface area contributed by atoms with Gasteiger partial charge in [0.15, 0.2) is 0 Å². The van der Waals surface area contributed by atoms with Crippen LogP contribution in [0.3, 0.4) is 0 Å². The molecule has 2 aromatic carbocycles. The smallest absolute Gasteiger partial charge is 0.408 e. The van der Waals surface area contributed by atoms with Gasteiger partial charge in [0.1, 0.15) is 17.7 Å². The monoisotopic (exact) mass is 527 g/mol. The number of hydrogen-bond donors (Lipinski definition) is 3. The predicted molar refractivity (Wildman–Crippen MR) is 152 cm³/mol. The molecule has 202 valence electrons. The Morgan fingerprint density at radius 3 is 2.00 bits per heavy atom. The fraction of sp³-hybridized carbons (Fsp3) is 0.483. The van der Waals surface area contributed by atoms with Gasteiger partial charge in [0.25, 0.3) is 5.91 Å². The summed E-state index contributed by atoms with van der Waals surface area (Å²) in [6, 6.07) is 11.4. The van der Waals surface area contributed by atoms with Crippen LogP contribution in [-0.4, -0.2) is 45.7 Å². The van der Waals surface area contributed by atoms with Gasteiger partial charge in [-0.2, -0.15) is 12.6 Å². The number of nitrogens with zero attached hydrogens (tertiary/aromatic N) is 1. The van der Waals surface area contributed by atoms with Gasteiger partial charge in [-0.25, -0.2) is 4.79 Å². The van der Waals surface area contributed by atoms with Gasteiger partial charge >= 0.3 is 6.09 Å². The normalized spacial score (nSPS) is 13.4. The number of para-hydroxylation sites is 1. The topological polar surface area (TPSA) is 87.7 Å². The van der Waals surface area contributed by atoms with E-state index in [0.717, 1.165) is 16.7 Å². The fourth-order valence-electron chi connectivity index (χ4n) is 4.15. The second-order valence-corrected chi connectivity index (χ2v) is 11.8. The highest BCUT2D eigenvalue weighted by Crippen LogP contribution is 2.32. The molecular formula is C29H41N3O4S. The maximum absolute atomic E-state index is 14.1. The first kappa shape index (κ1) is 30.2. The summed E-state index contributed by atoms with van der Waals surface area (Å²) in [7, 11) is 0. The summed E-state index contributed by atoms with van der Waals surface area (Å²) < 4.78 is 5.37. The zero-order chi connectivity index (χ0) is 28.1. The lowest BCUT2D eigenvalue weighted by atomic mass is 9.93. The molecule has 2 N–H and O–H groups in total. The third-order valence-electron chi connectivity index (χ3n) is 5.60. The van der Waals surface area contributed by atoms with E-state index >= 15 is 0 Å². The lowest BCUT2D eigenvalue weighted by Gasteiger charge is -2.43. The number of ether oxygens (including phenoxy) is 1. The van der Waals surface area contributed by atoms with Crippen LogP contribution in [0.5, 0.6) is 0 Å². The number of anilines is 1. The average molecular weight is 528 g/mol. The first-order valence-corrected chi connectivity index (χ1v) is 13.0. The van der Waals surface area contributed by atoms with Gasteiger partial charge in [-0.1, -0.05) is 47.5 Å². The second kappa shape index (κ2) is 12.0. The summed E-state index contributed by atoms with van der Waals surface area (Å²) in [5.41, 5.74) is 2.70. The number of thiol groups is 1. The highest BCUT2D eigenvalue weighted by Gasteiger charge is 2.41. The van der Waals surface area contributed by atoms with Gasteiger partial charge in [0.2, 0.25) is 5.91 Å². The number of hydrogen-bond acceptors (Lipinski definition) is 5. The van der Waals surface area contributed by atoms with Crippen molar-refractivity contribution in [2.75, 3.05) is 11.1 Å². The molecule has 7 nitrogen and oxygen atoms in total. The van der Waals surface area contributed by atoms with Crippen LogP contribution in [0.2, 0.25) is 0 Å². The van der Waals surface area contributed by atoms with Crippen LogP contribution in [-0.2, 0) is 14.3 Å². The average Bonchev–Trinajstić information content (AvgIpc) is 2.74. The zero-order valence-electron chi connectivity index (χ0n) is 23.4. The molecule has 0 heterocycles. The number of amides is 3.